The zero-order valence-corrected chi connectivity index (χ0v) is 14.1. The summed E-state index contributed by atoms with van der Waals surface area (Å²) < 4.78 is 0. The van der Waals surface area contributed by atoms with Crippen molar-refractivity contribution in [3.8, 4) is 0 Å². The Labute approximate surface area is 143 Å². The number of nitrogens with zero attached hydrogens (tertiary/aromatic N) is 1. The van der Waals surface area contributed by atoms with E-state index in [9.17, 15) is 9.59 Å². The first-order valence-corrected chi connectivity index (χ1v) is 7.96. The van der Waals surface area contributed by atoms with E-state index in [1.54, 1.807) is 11.9 Å². The van der Waals surface area contributed by atoms with Crippen molar-refractivity contribution in [3.63, 3.8) is 0 Å². The fourth-order valence-electron chi connectivity index (χ4n) is 3.29. The smallest absolute Gasteiger partial charge is 0.225 e. The molecule has 0 aliphatic carbocycles. The van der Waals surface area contributed by atoms with Crippen LogP contribution in [0.2, 0.25) is 0 Å². The molecule has 2 heterocycles. The minimum Gasteiger partial charge on any atom is -0.355 e. The maximum absolute atomic E-state index is 12.6. The molecule has 2 amide bonds. The van der Waals surface area contributed by atoms with Crippen molar-refractivity contribution in [1.82, 2.24) is 15.5 Å². The second-order valence-corrected chi connectivity index (χ2v) is 6.27. The highest BCUT2D eigenvalue weighted by molar-refractivity contribution is 5.85. The van der Waals surface area contributed by atoms with Gasteiger partial charge in [0, 0.05) is 39.0 Å². The number of carbonyl (C=O) groups is 2. The van der Waals surface area contributed by atoms with Gasteiger partial charge in [-0.2, -0.15) is 0 Å². The molecule has 5 nitrogen and oxygen atoms in total. The van der Waals surface area contributed by atoms with Crippen LogP contribution in [0.15, 0.2) is 30.3 Å². The predicted molar refractivity (Wildman–Crippen MR) is 91.3 cm³/mol. The molecule has 0 spiro atoms. The van der Waals surface area contributed by atoms with Crippen molar-refractivity contribution >= 4 is 24.2 Å². The summed E-state index contributed by atoms with van der Waals surface area (Å²) in [4.78, 5) is 26.4. The summed E-state index contributed by atoms with van der Waals surface area (Å²) in [6.07, 6.45) is 1.07. The number of carbonyl (C=O) groups excluding carboxylic acids is 2. The highest BCUT2D eigenvalue weighted by Gasteiger charge is 2.38. The van der Waals surface area contributed by atoms with Crippen molar-refractivity contribution in [3.05, 3.63) is 35.9 Å². The number of rotatable bonds is 4. The average Bonchev–Trinajstić information content (AvgIpc) is 2.49. The van der Waals surface area contributed by atoms with Gasteiger partial charge in [-0.05, 0) is 12.0 Å². The summed E-state index contributed by atoms with van der Waals surface area (Å²) in [6, 6.07) is 9.69. The van der Waals surface area contributed by atoms with E-state index >= 15 is 0 Å². The number of amides is 2. The Balaban J connectivity index is 0.00000192. The van der Waals surface area contributed by atoms with Gasteiger partial charge in [-0.25, -0.2) is 0 Å². The molecule has 0 aromatic heterocycles. The molecule has 2 fully saturated rings. The van der Waals surface area contributed by atoms with E-state index in [2.05, 4.69) is 10.6 Å². The van der Waals surface area contributed by atoms with Gasteiger partial charge in [-0.15, -0.1) is 12.4 Å². The first-order valence-electron chi connectivity index (χ1n) is 7.96. The molecule has 1 aromatic carbocycles. The second-order valence-electron chi connectivity index (χ2n) is 6.27. The lowest BCUT2D eigenvalue weighted by Gasteiger charge is -2.39. The number of likely N-dealkylation sites (tertiary alicyclic amines) is 1. The Kier molecular flexibility index (Phi) is 6.02. The van der Waals surface area contributed by atoms with E-state index in [1.165, 1.54) is 0 Å². The number of hydrogen-bond donors (Lipinski definition) is 2. The first kappa shape index (κ1) is 17.8. The fourth-order valence-corrected chi connectivity index (χ4v) is 3.29. The zero-order chi connectivity index (χ0) is 15.5. The largest absolute Gasteiger partial charge is 0.355 e. The van der Waals surface area contributed by atoms with Gasteiger partial charge in [0.05, 0.1) is 12.0 Å². The van der Waals surface area contributed by atoms with Crippen LogP contribution in [-0.4, -0.2) is 43.4 Å². The summed E-state index contributed by atoms with van der Waals surface area (Å²) in [5.74, 6) is 0.557. The standard InChI is InChI=1S/C17H23N3O2.ClH/c1-20-15(21)8-7-14(16(20)13-5-3-2-4-6-13)17(22)19-11-12-9-18-10-12;/h2-6,12,14,16,18H,7-11H2,1H3,(H,19,22);1H. The molecule has 23 heavy (non-hydrogen) atoms. The molecule has 2 unspecified atom stereocenters. The van der Waals surface area contributed by atoms with E-state index in [0.29, 0.717) is 18.8 Å². The summed E-state index contributed by atoms with van der Waals surface area (Å²) in [7, 11) is 1.80. The van der Waals surface area contributed by atoms with Gasteiger partial charge in [-0.1, -0.05) is 30.3 Å². The van der Waals surface area contributed by atoms with Gasteiger partial charge in [0.25, 0.3) is 0 Å². The first-order chi connectivity index (χ1) is 10.7. The monoisotopic (exact) mass is 337 g/mol. The van der Waals surface area contributed by atoms with E-state index in [0.717, 1.165) is 25.2 Å². The molecule has 6 heteroatoms. The molecule has 0 saturated carbocycles. The minimum atomic E-state index is -0.168. The molecule has 126 valence electrons. The minimum absolute atomic E-state index is 0. The Hall–Kier alpha value is -1.59. The molecular formula is C17H24ClN3O2. The number of benzene rings is 1. The van der Waals surface area contributed by atoms with Gasteiger partial charge < -0.3 is 15.5 Å². The van der Waals surface area contributed by atoms with E-state index in [-0.39, 0.29) is 36.2 Å². The van der Waals surface area contributed by atoms with Gasteiger partial charge >= 0.3 is 0 Å². The Morgan fingerprint density at radius 1 is 1.30 bits per heavy atom. The highest BCUT2D eigenvalue weighted by Crippen LogP contribution is 2.35. The van der Waals surface area contributed by atoms with Crippen LogP contribution in [0.3, 0.4) is 0 Å². The summed E-state index contributed by atoms with van der Waals surface area (Å²) in [6.45, 7) is 2.68. The average molecular weight is 338 g/mol. The topological polar surface area (TPSA) is 61.4 Å². The normalized spacial score (nSPS) is 24.6. The van der Waals surface area contributed by atoms with Crippen molar-refractivity contribution < 1.29 is 9.59 Å². The maximum Gasteiger partial charge on any atom is 0.225 e. The lowest BCUT2D eigenvalue weighted by molar-refractivity contribution is -0.141. The lowest BCUT2D eigenvalue weighted by Crippen LogP contribution is -2.51. The highest BCUT2D eigenvalue weighted by atomic mass is 35.5. The van der Waals surface area contributed by atoms with Gasteiger partial charge in [0.1, 0.15) is 0 Å². The molecule has 3 rings (SSSR count). The van der Waals surface area contributed by atoms with Crippen LogP contribution in [-0.2, 0) is 9.59 Å². The lowest BCUT2D eigenvalue weighted by atomic mass is 9.84. The molecule has 2 saturated heterocycles. The van der Waals surface area contributed by atoms with Gasteiger partial charge in [-0.3, -0.25) is 9.59 Å². The summed E-state index contributed by atoms with van der Waals surface area (Å²) >= 11 is 0. The third-order valence-corrected chi connectivity index (χ3v) is 4.77. The van der Waals surface area contributed by atoms with Crippen LogP contribution >= 0.6 is 12.4 Å². The molecule has 2 aliphatic rings. The quantitative estimate of drug-likeness (QED) is 0.872. The number of hydrogen-bond acceptors (Lipinski definition) is 3. The molecule has 2 aliphatic heterocycles. The van der Waals surface area contributed by atoms with Gasteiger partial charge in [0.2, 0.25) is 11.8 Å². The molecule has 0 bridgehead atoms. The summed E-state index contributed by atoms with van der Waals surface area (Å²) in [5, 5.41) is 6.28. The number of nitrogens with one attached hydrogen (secondary N) is 2. The Bertz CT molecular complexity index is 548. The van der Waals surface area contributed by atoms with Crippen molar-refractivity contribution in [2.75, 3.05) is 26.7 Å². The van der Waals surface area contributed by atoms with Crippen molar-refractivity contribution in [2.45, 2.75) is 18.9 Å². The number of piperidine rings is 1. The van der Waals surface area contributed by atoms with Crippen molar-refractivity contribution in [2.24, 2.45) is 11.8 Å². The van der Waals surface area contributed by atoms with Gasteiger partial charge in [0.15, 0.2) is 0 Å². The van der Waals surface area contributed by atoms with E-state index in [4.69, 9.17) is 0 Å². The molecule has 1 aromatic rings. The number of halogens is 1. The van der Waals surface area contributed by atoms with Crippen LogP contribution in [0.5, 0.6) is 0 Å². The Morgan fingerprint density at radius 2 is 2.00 bits per heavy atom. The maximum atomic E-state index is 12.6. The van der Waals surface area contributed by atoms with Crippen LogP contribution in [0.4, 0.5) is 0 Å². The van der Waals surface area contributed by atoms with E-state index < -0.39 is 0 Å². The fraction of sp³-hybridized carbons (Fsp3) is 0.529. The van der Waals surface area contributed by atoms with Crippen molar-refractivity contribution in [1.29, 1.82) is 0 Å². The summed E-state index contributed by atoms with van der Waals surface area (Å²) in [5.41, 5.74) is 1.03. The molecule has 2 N–H and O–H groups in total. The third-order valence-electron chi connectivity index (χ3n) is 4.77. The van der Waals surface area contributed by atoms with Crippen LogP contribution in [0, 0.1) is 11.8 Å². The zero-order valence-electron chi connectivity index (χ0n) is 13.3. The van der Waals surface area contributed by atoms with E-state index in [1.807, 2.05) is 30.3 Å². The molecule has 0 radical (unpaired) electrons. The predicted octanol–water partition coefficient (Wildman–Crippen LogP) is 1.35. The second kappa shape index (κ2) is 7.79. The van der Waals surface area contributed by atoms with Crippen LogP contribution < -0.4 is 10.6 Å². The Morgan fingerprint density at radius 3 is 2.61 bits per heavy atom. The molecule has 2 atom stereocenters. The third kappa shape index (κ3) is 3.85. The van der Waals surface area contributed by atoms with Crippen LogP contribution in [0.25, 0.3) is 0 Å². The molecular weight excluding hydrogens is 314 g/mol. The SMILES string of the molecule is CN1C(=O)CCC(C(=O)NCC2CNC2)C1c1ccccc1.Cl. The van der Waals surface area contributed by atoms with Crippen LogP contribution in [0.1, 0.15) is 24.4 Å².